The highest BCUT2D eigenvalue weighted by Gasteiger charge is 2.26. The number of hydrogen-bond acceptors (Lipinski definition) is 5. The van der Waals surface area contributed by atoms with Gasteiger partial charge in [0, 0.05) is 5.75 Å². The predicted octanol–water partition coefficient (Wildman–Crippen LogP) is 2.48. The Labute approximate surface area is 110 Å². The average Bonchev–Trinajstić information content (AvgIpc) is 2.87. The number of nitrogens with zero attached hydrogens (tertiary/aromatic N) is 4. The van der Waals surface area contributed by atoms with Crippen LogP contribution in [0.15, 0.2) is 44.2 Å². The first-order valence-corrected chi connectivity index (χ1v) is 6.69. The summed E-state index contributed by atoms with van der Waals surface area (Å²) in [5.41, 5.74) is 2.57. The Bertz CT molecular complexity index is 569. The topological polar surface area (TPSA) is 49.4 Å². The van der Waals surface area contributed by atoms with Crippen molar-refractivity contribution in [2.45, 2.75) is 18.7 Å². The van der Waals surface area contributed by atoms with E-state index in [2.05, 4.69) is 51.2 Å². The molecule has 0 fully saturated rings. The van der Waals surface area contributed by atoms with E-state index < -0.39 is 0 Å². The predicted molar refractivity (Wildman–Crippen MR) is 78.1 cm³/mol. The maximum Gasteiger partial charge on any atom is 0.163 e. The minimum atomic E-state index is -0.0783. The highest BCUT2D eigenvalue weighted by molar-refractivity contribution is 8.13. The van der Waals surface area contributed by atoms with Gasteiger partial charge in [0.1, 0.15) is 17.7 Å². The second-order valence-electron chi connectivity index (χ2n) is 4.14. The van der Waals surface area contributed by atoms with E-state index >= 15 is 0 Å². The average molecular weight is 256 g/mol. The maximum atomic E-state index is 4.30. The maximum absolute atomic E-state index is 4.30. The van der Waals surface area contributed by atoms with Crippen LogP contribution < -0.4 is 0 Å². The van der Waals surface area contributed by atoms with Crippen LogP contribution in [0.3, 0.4) is 0 Å². The van der Waals surface area contributed by atoms with Gasteiger partial charge in [-0.05, 0) is 12.5 Å². The summed E-state index contributed by atoms with van der Waals surface area (Å²) in [5, 5.41) is 0.970. The van der Waals surface area contributed by atoms with Crippen molar-refractivity contribution in [2.75, 3.05) is 0 Å². The Hall–Kier alpha value is -1.75. The number of aryl methyl sites for hydroxylation is 1. The molecule has 1 unspecified atom stereocenters. The summed E-state index contributed by atoms with van der Waals surface area (Å²) in [4.78, 5) is 16.8. The standard InChI is InChI=1S/C13H12N4S/c1-9-2-4-10(5-3-9)6-18-13-11-12(15-7-14-11)16-8-17-13/h2-5,7-8,11H,6H2,1H3. The zero-order chi connectivity index (χ0) is 12.4. The molecular formula is C13H12N4S. The smallest absolute Gasteiger partial charge is 0.163 e. The minimum Gasteiger partial charge on any atom is -0.255 e. The summed E-state index contributed by atoms with van der Waals surface area (Å²) < 4.78 is 0. The summed E-state index contributed by atoms with van der Waals surface area (Å²) in [5.74, 6) is 1.64. The first-order chi connectivity index (χ1) is 8.83. The molecule has 5 heteroatoms. The van der Waals surface area contributed by atoms with E-state index in [9.17, 15) is 0 Å². The zero-order valence-corrected chi connectivity index (χ0v) is 10.8. The van der Waals surface area contributed by atoms with E-state index in [0.29, 0.717) is 0 Å². The van der Waals surface area contributed by atoms with Gasteiger partial charge in [-0.3, -0.25) is 4.99 Å². The lowest BCUT2D eigenvalue weighted by Gasteiger charge is -2.13. The summed E-state index contributed by atoms with van der Waals surface area (Å²) in [6.07, 6.45) is 3.12. The number of amidine groups is 1. The van der Waals surface area contributed by atoms with Crippen LogP contribution in [0.1, 0.15) is 11.1 Å². The molecule has 1 aromatic rings. The normalized spacial score (nSPS) is 20.6. The SMILES string of the molecule is Cc1ccc(CSC2=NC=NC3=NC=NC32)cc1. The van der Waals surface area contributed by atoms with Gasteiger partial charge < -0.3 is 0 Å². The molecule has 1 atom stereocenters. The van der Waals surface area contributed by atoms with Gasteiger partial charge in [0.15, 0.2) is 11.9 Å². The first-order valence-electron chi connectivity index (χ1n) is 5.71. The number of aliphatic imine (C=N–C) groups is 4. The third kappa shape index (κ3) is 2.26. The molecule has 0 amide bonds. The van der Waals surface area contributed by atoms with Crippen molar-refractivity contribution >= 4 is 35.3 Å². The van der Waals surface area contributed by atoms with E-state index in [-0.39, 0.29) is 6.04 Å². The van der Waals surface area contributed by atoms with E-state index in [1.165, 1.54) is 11.1 Å². The molecule has 0 bridgehead atoms. The highest BCUT2D eigenvalue weighted by atomic mass is 32.2. The second kappa shape index (κ2) is 4.86. The molecule has 2 heterocycles. The van der Waals surface area contributed by atoms with E-state index in [4.69, 9.17) is 0 Å². The largest absolute Gasteiger partial charge is 0.255 e. The van der Waals surface area contributed by atoms with Crippen LogP contribution in [0, 0.1) is 6.92 Å². The minimum absolute atomic E-state index is 0.0783. The van der Waals surface area contributed by atoms with E-state index in [1.807, 2.05) is 0 Å². The molecular weight excluding hydrogens is 244 g/mol. The fourth-order valence-electron chi connectivity index (χ4n) is 1.75. The molecule has 2 aliphatic heterocycles. The van der Waals surface area contributed by atoms with Crippen molar-refractivity contribution in [3.8, 4) is 0 Å². The third-order valence-electron chi connectivity index (χ3n) is 2.77. The number of hydrogen-bond donors (Lipinski definition) is 0. The van der Waals surface area contributed by atoms with Gasteiger partial charge in [0.25, 0.3) is 0 Å². The lowest BCUT2D eigenvalue weighted by atomic mass is 10.2. The van der Waals surface area contributed by atoms with Crippen LogP contribution in [-0.2, 0) is 5.75 Å². The molecule has 0 saturated carbocycles. The van der Waals surface area contributed by atoms with Crippen LogP contribution in [-0.4, -0.2) is 29.6 Å². The zero-order valence-electron chi connectivity index (χ0n) is 9.95. The summed E-state index contributed by atoms with van der Waals surface area (Å²) >= 11 is 1.70. The van der Waals surface area contributed by atoms with Gasteiger partial charge in [-0.1, -0.05) is 29.8 Å². The Morgan fingerprint density at radius 1 is 1.11 bits per heavy atom. The van der Waals surface area contributed by atoms with Crippen molar-refractivity contribution in [1.82, 2.24) is 0 Å². The first kappa shape index (κ1) is 11.3. The van der Waals surface area contributed by atoms with Gasteiger partial charge in [-0.25, -0.2) is 15.0 Å². The molecule has 0 aliphatic carbocycles. The fourth-order valence-corrected chi connectivity index (χ4v) is 2.70. The summed E-state index contributed by atoms with van der Waals surface area (Å²) in [6, 6.07) is 8.46. The van der Waals surface area contributed by atoms with Gasteiger partial charge >= 0.3 is 0 Å². The monoisotopic (exact) mass is 256 g/mol. The van der Waals surface area contributed by atoms with Crippen molar-refractivity contribution in [3.05, 3.63) is 35.4 Å². The molecule has 0 radical (unpaired) electrons. The Kier molecular flexibility index (Phi) is 3.06. The van der Waals surface area contributed by atoms with Crippen LogP contribution in [0.2, 0.25) is 0 Å². The molecule has 0 spiro atoms. The Morgan fingerprint density at radius 3 is 2.78 bits per heavy atom. The van der Waals surface area contributed by atoms with Gasteiger partial charge in [-0.2, -0.15) is 0 Å². The number of rotatable bonds is 2. The van der Waals surface area contributed by atoms with E-state index in [1.54, 1.807) is 24.4 Å². The van der Waals surface area contributed by atoms with Gasteiger partial charge in [0.05, 0.1) is 0 Å². The van der Waals surface area contributed by atoms with E-state index in [0.717, 1.165) is 16.6 Å². The number of benzene rings is 1. The molecule has 0 N–H and O–H groups in total. The van der Waals surface area contributed by atoms with Crippen LogP contribution in [0.25, 0.3) is 0 Å². The van der Waals surface area contributed by atoms with Crippen molar-refractivity contribution in [3.63, 3.8) is 0 Å². The highest BCUT2D eigenvalue weighted by Crippen LogP contribution is 2.21. The summed E-state index contributed by atoms with van der Waals surface area (Å²) in [7, 11) is 0. The van der Waals surface area contributed by atoms with Crippen LogP contribution in [0.5, 0.6) is 0 Å². The Morgan fingerprint density at radius 2 is 1.94 bits per heavy atom. The Balaban J connectivity index is 1.68. The molecule has 4 nitrogen and oxygen atoms in total. The molecule has 0 saturated heterocycles. The summed E-state index contributed by atoms with van der Waals surface area (Å²) in [6.45, 7) is 2.09. The molecule has 2 aliphatic rings. The molecule has 0 aromatic heterocycles. The fraction of sp³-hybridized carbons (Fsp3) is 0.231. The number of thioether (sulfide) groups is 1. The third-order valence-corrected chi connectivity index (χ3v) is 3.87. The molecule has 18 heavy (non-hydrogen) atoms. The molecule has 3 rings (SSSR count). The van der Waals surface area contributed by atoms with Crippen molar-refractivity contribution in [1.29, 1.82) is 0 Å². The van der Waals surface area contributed by atoms with Crippen LogP contribution in [0.4, 0.5) is 0 Å². The molecule has 1 aromatic carbocycles. The van der Waals surface area contributed by atoms with Gasteiger partial charge in [0.2, 0.25) is 0 Å². The molecule has 90 valence electrons. The lowest BCUT2D eigenvalue weighted by Crippen LogP contribution is -2.25. The second-order valence-corrected chi connectivity index (χ2v) is 5.14. The van der Waals surface area contributed by atoms with Gasteiger partial charge in [-0.15, -0.1) is 11.8 Å². The van der Waals surface area contributed by atoms with Crippen molar-refractivity contribution in [2.24, 2.45) is 20.0 Å². The number of fused-ring (bicyclic) bond motifs is 1. The quantitative estimate of drug-likeness (QED) is 0.802. The van der Waals surface area contributed by atoms with Crippen LogP contribution >= 0.6 is 11.8 Å². The van der Waals surface area contributed by atoms with Crippen molar-refractivity contribution < 1.29 is 0 Å². The lowest BCUT2D eigenvalue weighted by molar-refractivity contribution is 1.16.